The zero-order chi connectivity index (χ0) is 12.1. The first-order chi connectivity index (χ1) is 6.66. The maximum atomic E-state index is 11.4. The highest BCUT2D eigenvalue weighted by atomic mass is 32.2. The molecule has 0 fully saturated rings. The molecule has 0 radical (unpaired) electrons. The topological polar surface area (TPSA) is 66.4 Å². The number of nitrogens with one attached hydrogen (secondary N) is 1. The van der Waals surface area contributed by atoms with Crippen molar-refractivity contribution < 1.29 is 13.5 Å². The number of hydrogen-bond acceptors (Lipinski definition) is 4. The minimum absolute atomic E-state index is 0.102. The maximum Gasteiger partial charge on any atom is 0.152 e. The molecule has 0 heterocycles. The summed E-state index contributed by atoms with van der Waals surface area (Å²) in [6.45, 7) is 8.05. The van der Waals surface area contributed by atoms with Crippen molar-refractivity contribution in [3.05, 3.63) is 0 Å². The lowest BCUT2D eigenvalue weighted by Crippen LogP contribution is -2.43. The number of hydrogen-bond donors (Lipinski definition) is 2. The van der Waals surface area contributed by atoms with E-state index >= 15 is 0 Å². The molecule has 0 spiro atoms. The van der Waals surface area contributed by atoms with E-state index in [4.69, 9.17) is 0 Å². The smallest absolute Gasteiger partial charge is 0.152 e. The Morgan fingerprint density at radius 3 is 2.27 bits per heavy atom. The molecule has 0 bridgehead atoms. The Labute approximate surface area is 93.0 Å². The van der Waals surface area contributed by atoms with Gasteiger partial charge in [-0.15, -0.1) is 0 Å². The number of sulfone groups is 1. The SMILES string of the molecule is CCCS(=O)(=O)CC(O)CNC(C)(C)C. The molecular weight excluding hydrogens is 214 g/mol. The van der Waals surface area contributed by atoms with Crippen molar-refractivity contribution in [3.8, 4) is 0 Å². The van der Waals surface area contributed by atoms with Crippen LogP contribution in [0.5, 0.6) is 0 Å². The van der Waals surface area contributed by atoms with E-state index in [0.29, 0.717) is 13.0 Å². The predicted molar refractivity (Wildman–Crippen MR) is 62.7 cm³/mol. The second-order valence-electron chi connectivity index (χ2n) is 4.90. The number of aliphatic hydroxyl groups excluding tert-OH is 1. The summed E-state index contributed by atoms with van der Waals surface area (Å²) < 4.78 is 22.8. The minimum atomic E-state index is -3.09. The van der Waals surface area contributed by atoms with Crippen molar-refractivity contribution >= 4 is 9.84 Å². The lowest BCUT2D eigenvalue weighted by molar-refractivity contribution is 0.181. The Balaban J connectivity index is 3.99. The second kappa shape index (κ2) is 5.82. The predicted octanol–water partition coefficient (Wildman–Crippen LogP) is 0.560. The standard InChI is InChI=1S/C10H23NO3S/c1-5-6-15(13,14)8-9(12)7-11-10(2,3)4/h9,11-12H,5-8H2,1-4H3. The highest BCUT2D eigenvalue weighted by Gasteiger charge is 2.18. The molecule has 0 aliphatic carbocycles. The van der Waals surface area contributed by atoms with E-state index in [9.17, 15) is 13.5 Å². The maximum absolute atomic E-state index is 11.4. The normalized spacial score (nSPS) is 15.3. The van der Waals surface area contributed by atoms with Gasteiger partial charge in [0.15, 0.2) is 9.84 Å². The van der Waals surface area contributed by atoms with Gasteiger partial charge in [-0.3, -0.25) is 0 Å². The van der Waals surface area contributed by atoms with E-state index in [-0.39, 0.29) is 17.0 Å². The molecule has 15 heavy (non-hydrogen) atoms. The Bertz CT molecular complexity index is 267. The first-order valence-corrected chi connectivity index (χ1v) is 7.12. The summed E-state index contributed by atoms with van der Waals surface area (Å²) in [6.07, 6.45) is -0.220. The summed E-state index contributed by atoms with van der Waals surface area (Å²) in [5.74, 6) is 0.00347. The van der Waals surface area contributed by atoms with Crippen molar-refractivity contribution in [3.63, 3.8) is 0 Å². The Morgan fingerprint density at radius 2 is 1.87 bits per heavy atom. The van der Waals surface area contributed by atoms with Crippen molar-refractivity contribution in [2.75, 3.05) is 18.1 Å². The van der Waals surface area contributed by atoms with Crippen molar-refractivity contribution in [1.82, 2.24) is 5.32 Å². The van der Waals surface area contributed by atoms with E-state index in [0.717, 1.165) is 0 Å². The molecule has 5 heteroatoms. The van der Waals surface area contributed by atoms with E-state index in [1.165, 1.54) is 0 Å². The Morgan fingerprint density at radius 1 is 1.33 bits per heavy atom. The van der Waals surface area contributed by atoms with Crippen LogP contribution in [0.2, 0.25) is 0 Å². The van der Waals surface area contributed by atoms with Crippen LogP contribution in [0.25, 0.3) is 0 Å². The lowest BCUT2D eigenvalue weighted by Gasteiger charge is -2.22. The molecule has 0 amide bonds. The van der Waals surface area contributed by atoms with Gasteiger partial charge in [0.05, 0.1) is 17.6 Å². The van der Waals surface area contributed by atoms with Crippen LogP contribution >= 0.6 is 0 Å². The van der Waals surface area contributed by atoms with Gasteiger partial charge in [0, 0.05) is 12.1 Å². The molecule has 0 aromatic rings. The molecule has 0 rings (SSSR count). The molecule has 4 nitrogen and oxygen atoms in total. The van der Waals surface area contributed by atoms with Gasteiger partial charge in [-0.2, -0.15) is 0 Å². The van der Waals surface area contributed by atoms with Crippen LogP contribution in [0.15, 0.2) is 0 Å². The van der Waals surface area contributed by atoms with E-state index in [1.807, 2.05) is 27.7 Å². The monoisotopic (exact) mass is 237 g/mol. The molecule has 0 aromatic heterocycles. The minimum Gasteiger partial charge on any atom is -0.391 e. The van der Waals surface area contributed by atoms with Crippen LogP contribution in [0, 0.1) is 0 Å². The Hall–Kier alpha value is -0.130. The average molecular weight is 237 g/mol. The molecule has 0 aromatic carbocycles. The average Bonchev–Trinajstić information content (AvgIpc) is 1.98. The van der Waals surface area contributed by atoms with Gasteiger partial charge < -0.3 is 10.4 Å². The summed E-state index contributed by atoms with van der Waals surface area (Å²) >= 11 is 0. The molecule has 0 aliphatic heterocycles. The fourth-order valence-electron chi connectivity index (χ4n) is 1.17. The van der Waals surface area contributed by atoms with Crippen LogP contribution in [0.4, 0.5) is 0 Å². The van der Waals surface area contributed by atoms with Gasteiger partial charge in [0.2, 0.25) is 0 Å². The highest BCUT2D eigenvalue weighted by Crippen LogP contribution is 2.01. The van der Waals surface area contributed by atoms with E-state index in [2.05, 4.69) is 5.32 Å². The molecule has 0 aliphatic rings. The van der Waals surface area contributed by atoms with Gasteiger partial charge >= 0.3 is 0 Å². The van der Waals surface area contributed by atoms with Gasteiger partial charge in [-0.25, -0.2) is 8.42 Å². The molecule has 0 saturated carbocycles. The third kappa shape index (κ3) is 8.84. The molecule has 1 atom stereocenters. The lowest BCUT2D eigenvalue weighted by atomic mass is 10.1. The quantitative estimate of drug-likeness (QED) is 0.708. The molecule has 1 unspecified atom stereocenters. The summed E-state index contributed by atoms with van der Waals surface area (Å²) in [4.78, 5) is 0. The zero-order valence-electron chi connectivity index (χ0n) is 10.1. The summed E-state index contributed by atoms with van der Waals surface area (Å²) in [5.41, 5.74) is -0.102. The van der Waals surface area contributed by atoms with Gasteiger partial charge in [-0.05, 0) is 27.2 Å². The van der Waals surface area contributed by atoms with Crippen LogP contribution < -0.4 is 5.32 Å². The number of aliphatic hydroxyl groups is 1. The third-order valence-electron chi connectivity index (χ3n) is 1.83. The van der Waals surface area contributed by atoms with Crippen LogP contribution in [0.1, 0.15) is 34.1 Å². The zero-order valence-corrected chi connectivity index (χ0v) is 10.9. The van der Waals surface area contributed by atoms with Crippen molar-refractivity contribution in [2.45, 2.75) is 45.8 Å². The van der Waals surface area contributed by atoms with Crippen LogP contribution in [0.3, 0.4) is 0 Å². The second-order valence-corrected chi connectivity index (χ2v) is 7.13. The fourth-order valence-corrected chi connectivity index (χ4v) is 2.66. The van der Waals surface area contributed by atoms with Gasteiger partial charge in [0.1, 0.15) is 0 Å². The number of β-amino-alcohol motifs (C(OH)–C–C–N with tert-alkyl or cyclic N) is 1. The fraction of sp³-hybridized carbons (Fsp3) is 1.00. The first kappa shape index (κ1) is 14.9. The summed E-state index contributed by atoms with van der Waals surface area (Å²) in [7, 11) is -3.09. The number of rotatable bonds is 6. The van der Waals surface area contributed by atoms with Gasteiger partial charge in [0.25, 0.3) is 0 Å². The van der Waals surface area contributed by atoms with E-state index < -0.39 is 15.9 Å². The van der Waals surface area contributed by atoms with Gasteiger partial charge in [-0.1, -0.05) is 6.92 Å². The first-order valence-electron chi connectivity index (χ1n) is 5.30. The molecule has 2 N–H and O–H groups in total. The largest absolute Gasteiger partial charge is 0.391 e. The molecular formula is C10H23NO3S. The third-order valence-corrected chi connectivity index (χ3v) is 3.75. The van der Waals surface area contributed by atoms with Crippen molar-refractivity contribution in [2.24, 2.45) is 0 Å². The summed E-state index contributed by atoms with van der Waals surface area (Å²) in [5, 5.41) is 12.6. The molecule has 0 saturated heterocycles. The van der Waals surface area contributed by atoms with E-state index in [1.54, 1.807) is 0 Å². The van der Waals surface area contributed by atoms with Crippen molar-refractivity contribution in [1.29, 1.82) is 0 Å². The molecule has 92 valence electrons. The summed E-state index contributed by atoms with van der Waals surface area (Å²) in [6, 6.07) is 0. The van der Waals surface area contributed by atoms with Crippen LogP contribution in [-0.4, -0.2) is 43.2 Å². The van der Waals surface area contributed by atoms with Crippen LogP contribution in [-0.2, 0) is 9.84 Å². The Kier molecular flexibility index (Phi) is 5.77. The highest BCUT2D eigenvalue weighted by molar-refractivity contribution is 7.91.